The van der Waals surface area contributed by atoms with Crippen molar-refractivity contribution in [2.75, 3.05) is 0 Å². The molecule has 0 aliphatic heterocycles. The third-order valence-electron chi connectivity index (χ3n) is 1.45. The van der Waals surface area contributed by atoms with Gasteiger partial charge in [-0.05, 0) is 6.08 Å². The highest BCUT2D eigenvalue weighted by atomic mass is 35.5. The molecule has 1 nitrogen and oxygen atoms in total. The highest BCUT2D eigenvalue weighted by molar-refractivity contribution is 6.33. The predicted octanol–water partition coefficient (Wildman–Crippen LogP) is 3.34. The first kappa shape index (κ1) is 8.88. The summed E-state index contributed by atoms with van der Waals surface area (Å²) in [6.45, 7) is 3.46. The number of aliphatic hydroxyl groups excluding tert-OH is 1. The fourth-order valence-electron chi connectivity index (χ4n) is 0.831. The molecule has 0 unspecified atom stereocenters. The quantitative estimate of drug-likeness (QED) is 0.547. The van der Waals surface area contributed by atoms with Crippen LogP contribution in [0, 0.1) is 0 Å². The van der Waals surface area contributed by atoms with E-state index in [-0.39, 0.29) is 10.8 Å². The molecular weight excluding hydrogens is 172 g/mol. The summed E-state index contributed by atoms with van der Waals surface area (Å²) in [6.07, 6.45) is 1.41. The highest BCUT2D eigenvalue weighted by Gasteiger charge is 2.00. The van der Waals surface area contributed by atoms with E-state index >= 15 is 0 Å². The molecule has 0 fully saturated rings. The molecule has 62 valence electrons. The Hall–Kier alpha value is -1.21. The normalized spacial score (nSPS) is 12.1. The number of rotatable bonds is 2. The largest absolute Gasteiger partial charge is 0.506 e. The van der Waals surface area contributed by atoms with E-state index in [9.17, 15) is 5.11 Å². The summed E-state index contributed by atoms with van der Waals surface area (Å²) in [5.74, 6) is 0.0623. The van der Waals surface area contributed by atoms with Crippen molar-refractivity contribution < 1.29 is 5.11 Å². The lowest BCUT2D eigenvalue weighted by Gasteiger charge is -1.99. The van der Waals surface area contributed by atoms with Gasteiger partial charge in [0.25, 0.3) is 0 Å². The fourth-order valence-corrected chi connectivity index (χ4v) is 0.940. The molecule has 0 aliphatic rings. The molecule has 0 aliphatic carbocycles. The van der Waals surface area contributed by atoms with Crippen molar-refractivity contribution in [1.29, 1.82) is 0 Å². The van der Waals surface area contributed by atoms with Gasteiger partial charge >= 0.3 is 0 Å². The van der Waals surface area contributed by atoms with Crippen LogP contribution in [0.1, 0.15) is 5.56 Å². The third kappa shape index (κ3) is 1.89. The van der Waals surface area contributed by atoms with Crippen LogP contribution in [0.4, 0.5) is 0 Å². The molecule has 0 aromatic heterocycles. The number of hydrogen-bond acceptors (Lipinski definition) is 1. The summed E-state index contributed by atoms with van der Waals surface area (Å²) >= 11 is 5.66. The standard InChI is InChI=1S/C10H9ClO/c1-2-9(11)10(12)8-6-4-3-5-7-8/h2-7,12H,1H2. The summed E-state index contributed by atoms with van der Waals surface area (Å²) in [6, 6.07) is 9.10. The molecule has 1 aromatic rings. The molecule has 0 spiro atoms. The number of allylic oxidation sites excluding steroid dienone is 2. The zero-order valence-electron chi connectivity index (χ0n) is 6.50. The van der Waals surface area contributed by atoms with E-state index in [2.05, 4.69) is 6.58 Å². The molecule has 0 atom stereocenters. The Morgan fingerprint density at radius 2 is 1.92 bits per heavy atom. The predicted molar refractivity (Wildman–Crippen MR) is 52.0 cm³/mol. The number of aliphatic hydroxyl groups is 1. The summed E-state index contributed by atoms with van der Waals surface area (Å²) in [7, 11) is 0. The Labute approximate surface area is 76.6 Å². The van der Waals surface area contributed by atoms with Gasteiger partial charge in [-0.25, -0.2) is 0 Å². The molecule has 1 aromatic carbocycles. The van der Waals surface area contributed by atoms with Crippen molar-refractivity contribution in [1.82, 2.24) is 0 Å². The molecule has 0 amide bonds. The van der Waals surface area contributed by atoms with E-state index < -0.39 is 0 Å². The Balaban J connectivity index is 3.08. The van der Waals surface area contributed by atoms with Crippen LogP contribution in [0.3, 0.4) is 0 Å². The minimum Gasteiger partial charge on any atom is -0.506 e. The number of halogens is 1. The molecule has 0 heterocycles. The van der Waals surface area contributed by atoms with Gasteiger partial charge in [-0.2, -0.15) is 0 Å². The van der Waals surface area contributed by atoms with Crippen molar-refractivity contribution in [3.8, 4) is 0 Å². The summed E-state index contributed by atoms with van der Waals surface area (Å²) in [5.41, 5.74) is 0.697. The lowest BCUT2D eigenvalue weighted by Crippen LogP contribution is -1.83. The van der Waals surface area contributed by atoms with Crippen LogP contribution in [-0.2, 0) is 0 Å². The minimum absolute atomic E-state index is 0.0623. The van der Waals surface area contributed by atoms with E-state index in [4.69, 9.17) is 11.6 Å². The van der Waals surface area contributed by atoms with Crippen LogP contribution in [0.5, 0.6) is 0 Å². The fraction of sp³-hybridized carbons (Fsp3) is 0. The van der Waals surface area contributed by atoms with Crippen LogP contribution in [0.2, 0.25) is 0 Å². The first-order valence-corrected chi connectivity index (χ1v) is 3.90. The SMILES string of the molecule is C=CC(Cl)=C(O)c1ccccc1. The van der Waals surface area contributed by atoms with Crippen molar-refractivity contribution in [2.24, 2.45) is 0 Å². The zero-order chi connectivity index (χ0) is 8.97. The van der Waals surface area contributed by atoms with Crippen molar-refractivity contribution >= 4 is 17.4 Å². The maximum absolute atomic E-state index is 9.47. The van der Waals surface area contributed by atoms with Gasteiger partial charge in [0.05, 0.1) is 5.03 Å². The monoisotopic (exact) mass is 180 g/mol. The topological polar surface area (TPSA) is 20.2 Å². The van der Waals surface area contributed by atoms with Crippen LogP contribution >= 0.6 is 11.6 Å². The second-order valence-corrected chi connectivity index (χ2v) is 2.67. The van der Waals surface area contributed by atoms with Gasteiger partial charge in [-0.1, -0.05) is 48.5 Å². The smallest absolute Gasteiger partial charge is 0.141 e. The van der Waals surface area contributed by atoms with Crippen LogP contribution < -0.4 is 0 Å². The Kier molecular flexibility index (Phi) is 2.94. The second-order valence-electron chi connectivity index (χ2n) is 2.27. The van der Waals surface area contributed by atoms with E-state index in [0.29, 0.717) is 5.56 Å². The molecule has 0 saturated carbocycles. The van der Waals surface area contributed by atoms with Crippen LogP contribution in [-0.4, -0.2) is 5.11 Å². The zero-order valence-corrected chi connectivity index (χ0v) is 7.25. The number of benzene rings is 1. The Bertz CT molecular complexity index is 301. The lowest BCUT2D eigenvalue weighted by atomic mass is 10.2. The maximum Gasteiger partial charge on any atom is 0.141 e. The average molecular weight is 181 g/mol. The van der Waals surface area contributed by atoms with Gasteiger partial charge in [-0.15, -0.1) is 0 Å². The van der Waals surface area contributed by atoms with Gasteiger partial charge in [0.15, 0.2) is 0 Å². The first-order valence-electron chi connectivity index (χ1n) is 3.52. The first-order chi connectivity index (χ1) is 5.75. The van der Waals surface area contributed by atoms with E-state index in [0.717, 1.165) is 0 Å². The van der Waals surface area contributed by atoms with Crippen molar-refractivity contribution in [3.05, 3.63) is 53.6 Å². The van der Waals surface area contributed by atoms with Gasteiger partial charge in [0.1, 0.15) is 5.76 Å². The summed E-state index contributed by atoms with van der Waals surface area (Å²) in [5, 5.41) is 9.73. The van der Waals surface area contributed by atoms with Gasteiger partial charge in [0, 0.05) is 5.56 Å². The Morgan fingerprint density at radius 1 is 1.33 bits per heavy atom. The minimum atomic E-state index is 0.0623. The summed E-state index contributed by atoms with van der Waals surface area (Å²) in [4.78, 5) is 0. The molecule has 0 saturated heterocycles. The number of hydrogen-bond donors (Lipinski definition) is 1. The van der Waals surface area contributed by atoms with Gasteiger partial charge < -0.3 is 5.11 Å². The van der Waals surface area contributed by atoms with Crippen molar-refractivity contribution in [3.63, 3.8) is 0 Å². The molecule has 0 radical (unpaired) electrons. The molecule has 1 N–H and O–H groups in total. The van der Waals surface area contributed by atoms with Crippen LogP contribution in [0.15, 0.2) is 48.0 Å². The molecular formula is C10H9ClO. The Morgan fingerprint density at radius 3 is 2.42 bits per heavy atom. The average Bonchev–Trinajstić information content (AvgIpc) is 2.17. The lowest BCUT2D eigenvalue weighted by molar-refractivity contribution is 0.510. The van der Waals surface area contributed by atoms with Gasteiger partial charge in [-0.3, -0.25) is 0 Å². The summed E-state index contributed by atoms with van der Waals surface area (Å²) < 4.78 is 0. The molecule has 2 heteroatoms. The maximum atomic E-state index is 9.47. The van der Waals surface area contributed by atoms with E-state index in [1.807, 2.05) is 18.2 Å². The third-order valence-corrected chi connectivity index (χ3v) is 1.79. The second kappa shape index (κ2) is 3.98. The molecule has 1 rings (SSSR count). The molecule has 12 heavy (non-hydrogen) atoms. The van der Waals surface area contributed by atoms with E-state index in [1.165, 1.54) is 6.08 Å². The van der Waals surface area contributed by atoms with Gasteiger partial charge in [0.2, 0.25) is 0 Å². The van der Waals surface area contributed by atoms with E-state index in [1.54, 1.807) is 12.1 Å². The van der Waals surface area contributed by atoms with Crippen LogP contribution in [0.25, 0.3) is 5.76 Å². The highest BCUT2D eigenvalue weighted by Crippen LogP contribution is 2.18. The molecule has 0 bridgehead atoms. The van der Waals surface area contributed by atoms with Crippen molar-refractivity contribution in [2.45, 2.75) is 0 Å².